The number of nitrogens with one attached hydrogen (secondary N) is 2. The number of hydrogen-bond donors (Lipinski definition) is 2. The third-order valence-corrected chi connectivity index (χ3v) is 3.92. The van der Waals surface area contributed by atoms with E-state index in [0.717, 1.165) is 11.0 Å². The molecule has 1 rings (SSSR count). The molecule has 5 heteroatoms. The number of carbonyl (C=O) groups is 1. The van der Waals surface area contributed by atoms with Gasteiger partial charge in [0.25, 0.3) is 5.91 Å². The molecule has 1 heterocycles. The first kappa shape index (κ1) is 17.0. The van der Waals surface area contributed by atoms with Crippen LogP contribution in [0.5, 0.6) is 0 Å². The van der Waals surface area contributed by atoms with E-state index < -0.39 is 0 Å². The summed E-state index contributed by atoms with van der Waals surface area (Å²) in [7, 11) is 0. The van der Waals surface area contributed by atoms with E-state index in [-0.39, 0.29) is 11.3 Å². The van der Waals surface area contributed by atoms with E-state index in [1.54, 1.807) is 12.3 Å². The fourth-order valence-electron chi connectivity index (χ4n) is 1.57. The number of carbonyl (C=O) groups excluding carboxylic acids is 1. The second-order valence-corrected chi connectivity index (χ2v) is 6.97. The van der Waals surface area contributed by atoms with E-state index in [9.17, 15) is 4.79 Å². The molecule has 0 saturated carbocycles. The fourth-order valence-corrected chi connectivity index (χ4v) is 1.90. The lowest BCUT2D eigenvalue weighted by Gasteiger charge is -2.27. The molecule has 0 saturated heterocycles. The summed E-state index contributed by atoms with van der Waals surface area (Å²) < 4.78 is 0.799. The SMILES string of the molecule is CCNc1ncc(Br)cc1C(=O)NCC(C)C(C)(C)C. The van der Waals surface area contributed by atoms with Crippen molar-refractivity contribution in [3.05, 3.63) is 22.3 Å². The van der Waals surface area contributed by atoms with Gasteiger partial charge in [0, 0.05) is 23.8 Å². The molecular weight excluding hydrogens is 318 g/mol. The van der Waals surface area contributed by atoms with E-state index in [1.807, 2.05) is 6.92 Å². The second-order valence-electron chi connectivity index (χ2n) is 6.06. The number of nitrogens with zero attached hydrogens (tertiary/aromatic N) is 1. The van der Waals surface area contributed by atoms with Crippen molar-refractivity contribution in [3.63, 3.8) is 0 Å². The summed E-state index contributed by atoms with van der Waals surface area (Å²) in [5.41, 5.74) is 0.746. The largest absolute Gasteiger partial charge is 0.370 e. The van der Waals surface area contributed by atoms with Crippen LogP contribution in [0.25, 0.3) is 0 Å². The van der Waals surface area contributed by atoms with Crippen LogP contribution in [0, 0.1) is 11.3 Å². The first-order chi connectivity index (χ1) is 9.25. The molecule has 2 N–H and O–H groups in total. The zero-order valence-electron chi connectivity index (χ0n) is 12.9. The van der Waals surface area contributed by atoms with Crippen LogP contribution in [0.3, 0.4) is 0 Å². The highest BCUT2D eigenvalue weighted by Gasteiger charge is 2.21. The Labute approximate surface area is 129 Å². The first-order valence-corrected chi connectivity index (χ1v) is 7.72. The average molecular weight is 342 g/mol. The Bertz CT molecular complexity index is 469. The highest BCUT2D eigenvalue weighted by Crippen LogP contribution is 2.24. The average Bonchev–Trinajstić information content (AvgIpc) is 2.36. The standard InChI is InChI=1S/C15H24BrN3O/c1-6-17-13-12(7-11(16)9-18-13)14(20)19-8-10(2)15(3,4)5/h7,9-10H,6,8H2,1-5H3,(H,17,18)(H,19,20). The van der Waals surface area contributed by atoms with Gasteiger partial charge in [-0.15, -0.1) is 0 Å². The van der Waals surface area contributed by atoms with E-state index in [1.165, 1.54) is 0 Å². The van der Waals surface area contributed by atoms with Crippen LogP contribution in [0.1, 0.15) is 45.0 Å². The van der Waals surface area contributed by atoms with Crippen LogP contribution in [-0.2, 0) is 0 Å². The van der Waals surface area contributed by atoms with E-state index in [0.29, 0.717) is 23.8 Å². The molecule has 20 heavy (non-hydrogen) atoms. The summed E-state index contributed by atoms with van der Waals surface area (Å²) in [6.07, 6.45) is 1.69. The zero-order valence-corrected chi connectivity index (χ0v) is 14.5. The van der Waals surface area contributed by atoms with Crippen LogP contribution in [-0.4, -0.2) is 24.0 Å². The molecule has 1 aromatic heterocycles. The first-order valence-electron chi connectivity index (χ1n) is 6.93. The van der Waals surface area contributed by atoms with Gasteiger partial charge in [-0.25, -0.2) is 4.98 Å². The molecule has 0 aliphatic rings. The van der Waals surface area contributed by atoms with E-state index in [2.05, 4.69) is 59.2 Å². The van der Waals surface area contributed by atoms with Gasteiger partial charge in [-0.2, -0.15) is 0 Å². The molecule has 0 aliphatic heterocycles. The summed E-state index contributed by atoms with van der Waals surface area (Å²) in [6, 6.07) is 1.79. The molecule has 0 fully saturated rings. The number of hydrogen-bond acceptors (Lipinski definition) is 3. The predicted octanol–water partition coefficient (Wildman–Crippen LogP) is 3.69. The maximum absolute atomic E-state index is 12.3. The summed E-state index contributed by atoms with van der Waals surface area (Å²) >= 11 is 3.36. The molecule has 1 unspecified atom stereocenters. The van der Waals surface area contributed by atoms with E-state index >= 15 is 0 Å². The number of amides is 1. The number of anilines is 1. The molecule has 4 nitrogen and oxygen atoms in total. The van der Waals surface area contributed by atoms with Crippen LogP contribution < -0.4 is 10.6 Å². The zero-order chi connectivity index (χ0) is 15.3. The van der Waals surface area contributed by atoms with Crippen LogP contribution >= 0.6 is 15.9 Å². The Hall–Kier alpha value is -1.10. The van der Waals surface area contributed by atoms with Crippen molar-refractivity contribution in [2.24, 2.45) is 11.3 Å². The molecule has 0 aliphatic carbocycles. The van der Waals surface area contributed by atoms with Crippen molar-refractivity contribution >= 4 is 27.7 Å². The fraction of sp³-hybridized carbons (Fsp3) is 0.600. The van der Waals surface area contributed by atoms with Crippen molar-refractivity contribution in [2.75, 3.05) is 18.4 Å². The van der Waals surface area contributed by atoms with Gasteiger partial charge in [-0.1, -0.05) is 27.7 Å². The predicted molar refractivity (Wildman–Crippen MR) is 87.1 cm³/mol. The Morgan fingerprint density at radius 1 is 1.45 bits per heavy atom. The Kier molecular flexibility index (Phi) is 5.99. The quantitative estimate of drug-likeness (QED) is 0.858. The molecule has 1 atom stereocenters. The highest BCUT2D eigenvalue weighted by molar-refractivity contribution is 9.10. The Balaban J connectivity index is 2.79. The minimum Gasteiger partial charge on any atom is -0.370 e. The van der Waals surface area contributed by atoms with Crippen LogP contribution in [0.2, 0.25) is 0 Å². The van der Waals surface area contributed by atoms with Crippen molar-refractivity contribution in [3.8, 4) is 0 Å². The van der Waals surface area contributed by atoms with Crippen LogP contribution in [0.15, 0.2) is 16.7 Å². The molecular formula is C15H24BrN3O. The van der Waals surface area contributed by atoms with Gasteiger partial charge in [-0.05, 0) is 40.3 Å². The van der Waals surface area contributed by atoms with Gasteiger partial charge in [-0.3, -0.25) is 4.79 Å². The van der Waals surface area contributed by atoms with Gasteiger partial charge in [0.05, 0.1) is 5.56 Å². The van der Waals surface area contributed by atoms with Crippen molar-refractivity contribution < 1.29 is 4.79 Å². The molecule has 0 spiro atoms. The topological polar surface area (TPSA) is 54.0 Å². The third-order valence-electron chi connectivity index (χ3n) is 3.49. The third kappa shape index (κ3) is 4.78. The van der Waals surface area contributed by atoms with Gasteiger partial charge in [0.15, 0.2) is 0 Å². The lowest BCUT2D eigenvalue weighted by molar-refractivity contribution is 0.0937. The maximum Gasteiger partial charge on any atom is 0.255 e. The highest BCUT2D eigenvalue weighted by atomic mass is 79.9. The Morgan fingerprint density at radius 2 is 2.10 bits per heavy atom. The number of pyridine rings is 1. The lowest BCUT2D eigenvalue weighted by atomic mass is 9.82. The monoisotopic (exact) mass is 341 g/mol. The number of rotatable bonds is 5. The second kappa shape index (κ2) is 7.07. The van der Waals surface area contributed by atoms with Crippen molar-refractivity contribution in [2.45, 2.75) is 34.6 Å². The van der Waals surface area contributed by atoms with Crippen molar-refractivity contribution in [1.29, 1.82) is 0 Å². The molecule has 0 radical (unpaired) electrons. The van der Waals surface area contributed by atoms with Gasteiger partial charge >= 0.3 is 0 Å². The van der Waals surface area contributed by atoms with Gasteiger partial charge in [0.2, 0.25) is 0 Å². The van der Waals surface area contributed by atoms with Crippen molar-refractivity contribution in [1.82, 2.24) is 10.3 Å². The summed E-state index contributed by atoms with van der Waals surface area (Å²) in [5.74, 6) is 0.927. The minimum atomic E-state index is -0.0918. The lowest BCUT2D eigenvalue weighted by Crippen LogP contribution is -2.34. The number of aromatic nitrogens is 1. The molecule has 1 amide bonds. The maximum atomic E-state index is 12.3. The molecule has 112 valence electrons. The Morgan fingerprint density at radius 3 is 2.65 bits per heavy atom. The number of halogens is 1. The normalized spacial score (nSPS) is 12.9. The molecule has 0 bridgehead atoms. The van der Waals surface area contributed by atoms with Gasteiger partial charge in [0.1, 0.15) is 5.82 Å². The minimum absolute atomic E-state index is 0.0918. The summed E-state index contributed by atoms with van der Waals surface area (Å²) in [6.45, 7) is 12.0. The van der Waals surface area contributed by atoms with Crippen LogP contribution in [0.4, 0.5) is 5.82 Å². The van der Waals surface area contributed by atoms with Gasteiger partial charge < -0.3 is 10.6 Å². The smallest absolute Gasteiger partial charge is 0.255 e. The van der Waals surface area contributed by atoms with E-state index in [4.69, 9.17) is 0 Å². The molecule has 1 aromatic rings. The summed E-state index contributed by atoms with van der Waals surface area (Å²) in [5, 5.41) is 6.10. The summed E-state index contributed by atoms with van der Waals surface area (Å²) in [4.78, 5) is 16.6. The molecule has 0 aromatic carbocycles.